The van der Waals surface area contributed by atoms with Crippen molar-refractivity contribution in [3.05, 3.63) is 0 Å². The van der Waals surface area contributed by atoms with Crippen LogP contribution in [0.25, 0.3) is 0 Å². The Labute approximate surface area is 83.7 Å². The first-order chi connectivity index (χ1) is 6.18. The first kappa shape index (κ1) is 11.9. The predicted octanol–water partition coefficient (Wildman–Crippen LogP) is -0.844. The van der Waals surface area contributed by atoms with Gasteiger partial charge in [-0.1, -0.05) is 0 Å². The van der Waals surface area contributed by atoms with Gasteiger partial charge in [0.15, 0.2) is 0 Å². The molecule has 14 heavy (non-hydrogen) atoms. The van der Waals surface area contributed by atoms with Gasteiger partial charge in [-0.3, -0.25) is 4.55 Å². The SMILES string of the molecule is CS(=O)(=O)N1CC[C@@H](CS(=O)(=O)O)C1. The number of sulfonamides is 1. The van der Waals surface area contributed by atoms with Crippen LogP contribution in [0.15, 0.2) is 0 Å². The highest BCUT2D eigenvalue weighted by Gasteiger charge is 2.30. The molecule has 1 aliphatic heterocycles. The fraction of sp³-hybridized carbons (Fsp3) is 1.00. The molecule has 0 aromatic carbocycles. The number of hydrogen-bond acceptors (Lipinski definition) is 4. The summed E-state index contributed by atoms with van der Waals surface area (Å²) in [5.74, 6) is -0.654. The van der Waals surface area contributed by atoms with Crippen molar-refractivity contribution >= 4 is 20.1 Å². The second-order valence-electron chi connectivity index (χ2n) is 3.52. The van der Waals surface area contributed by atoms with Gasteiger partial charge in [-0.15, -0.1) is 0 Å². The van der Waals surface area contributed by atoms with Crippen molar-refractivity contribution in [2.24, 2.45) is 5.92 Å². The highest BCUT2D eigenvalue weighted by molar-refractivity contribution is 7.88. The molecule has 0 radical (unpaired) electrons. The van der Waals surface area contributed by atoms with Gasteiger partial charge < -0.3 is 0 Å². The average Bonchev–Trinajstić information content (AvgIpc) is 2.29. The van der Waals surface area contributed by atoms with E-state index >= 15 is 0 Å². The van der Waals surface area contributed by atoms with E-state index in [1.807, 2.05) is 0 Å². The van der Waals surface area contributed by atoms with Crippen LogP contribution in [0.2, 0.25) is 0 Å². The minimum Gasteiger partial charge on any atom is -0.286 e. The predicted molar refractivity (Wildman–Crippen MR) is 50.9 cm³/mol. The van der Waals surface area contributed by atoms with Gasteiger partial charge in [0.1, 0.15) is 0 Å². The minimum atomic E-state index is -4.00. The first-order valence-corrected chi connectivity index (χ1v) is 7.54. The summed E-state index contributed by atoms with van der Waals surface area (Å²) in [5, 5.41) is 0. The van der Waals surface area contributed by atoms with Crippen LogP contribution in [0.3, 0.4) is 0 Å². The van der Waals surface area contributed by atoms with Crippen LogP contribution in [0, 0.1) is 5.92 Å². The normalized spacial score (nSPS) is 25.4. The van der Waals surface area contributed by atoms with Crippen molar-refractivity contribution in [2.75, 3.05) is 25.1 Å². The molecule has 0 aromatic heterocycles. The zero-order valence-electron chi connectivity index (χ0n) is 7.75. The summed E-state index contributed by atoms with van der Waals surface area (Å²) >= 11 is 0. The Kier molecular flexibility index (Phi) is 3.20. The Morgan fingerprint density at radius 3 is 2.29 bits per heavy atom. The van der Waals surface area contributed by atoms with Gasteiger partial charge in [-0.25, -0.2) is 12.7 Å². The number of rotatable bonds is 3. The maximum absolute atomic E-state index is 11.1. The molecule has 0 unspecified atom stereocenters. The standard InChI is InChI=1S/C6H13NO5S2/c1-13(8,9)7-3-2-6(4-7)5-14(10,11)12/h6H,2-5H2,1H3,(H,10,11,12)/t6-/m1/s1. The lowest BCUT2D eigenvalue weighted by Crippen LogP contribution is -2.28. The van der Waals surface area contributed by atoms with E-state index in [-0.39, 0.29) is 18.2 Å². The van der Waals surface area contributed by atoms with Crippen molar-refractivity contribution in [1.29, 1.82) is 0 Å². The summed E-state index contributed by atoms with van der Waals surface area (Å²) in [6.45, 7) is 0.512. The Morgan fingerprint density at radius 1 is 1.36 bits per heavy atom. The highest BCUT2D eigenvalue weighted by atomic mass is 32.2. The van der Waals surface area contributed by atoms with Gasteiger partial charge in [0.05, 0.1) is 12.0 Å². The molecular weight excluding hydrogens is 230 g/mol. The molecule has 0 amide bonds. The van der Waals surface area contributed by atoms with Crippen molar-refractivity contribution in [3.8, 4) is 0 Å². The van der Waals surface area contributed by atoms with Crippen molar-refractivity contribution in [3.63, 3.8) is 0 Å². The molecule has 0 saturated carbocycles. The van der Waals surface area contributed by atoms with Gasteiger partial charge >= 0.3 is 0 Å². The van der Waals surface area contributed by atoms with Crippen molar-refractivity contribution < 1.29 is 21.4 Å². The van der Waals surface area contributed by atoms with Gasteiger partial charge in [0, 0.05) is 13.1 Å². The topological polar surface area (TPSA) is 91.8 Å². The lowest BCUT2D eigenvalue weighted by molar-refractivity contribution is 0.451. The molecule has 6 nitrogen and oxygen atoms in total. The maximum atomic E-state index is 11.1. The van der Waals surface area contributed by atoms with E-state index in [4.69, 9.17) is 4.55 Å². The molecule has 0 aromatic rings. The maximum Gasteiger partial charge on any atom is 0.265 e. The molecule has 1 heterocycles. The molecule has 8 heteroatoms. The molecule has 1 aliphatic rings. The Morgan fingerprint density at radius 2 is 1.93 bits per heavy atom. The third-order valence-electron chi connectivity index (χ3n) is 2.16. The van der Waals surface area contributed by atoms with E-state index in [0.29, 0.717) is 13.0 Å². The van der Waals surface area contributed by atoms with E-state index in [2.05, 4.69) is 0 Å². The molecule has 0 bridgehead atoms. The van der Waals surface area contributed by atoms with Crippen LogP contribution in [0.5, 0.6) is 0 Å². The molecule has 84 valence electrons. The van der Waals surface area contributed by atoms with E-state index in [0.717, 1.165) is 6.26 Å². The van der Waals surface area contributed by atoms with Gasteiger partial charge in [-0.05, 0) is 12.3 Å². The largest absolute Gasteiger partial charge is 0.286 e. The fourth-order valence-corrected chi connectivity index (χ4v) is 3.32. The quantitative estimate of drug-likeness (QED) is 0.652. The van der Waals surface area contributed by atoms with E-state index in [9.17, 15) is 16.8 Å². The molecule has 1 fully saturated rings. The van der Waals surface area contributed by atoms with Crippen molar-refractivity contribution in [1.82, 2.24) is 4.31 Å². The van der Waals surface area contributed by atoms with Crippen molar-refractivity contribution in [2.45, 2.75) is 6.42 Å². The zero-order chi connectivity index (χ0) is 11.0. The van der Waals surface area contributed by atoms with Gasteiger partial charge in [0.2, 0.25) is 10.0 Å². The Bertz CT molecular complexity index is 398. The second-order valence-corrected chi connectivity index (χ2v) is 7.00. The highest BCUT2D eigenvalue weighted by Crippen LogP contribution is 2.19. The molecule has 0 spiro atoms. The molecule has 1 N–H and O–H groups in total. The smallest absolute Gasteiger partial charge is 0.265 e. The Balaban J connectivity index is 2.59. The fourth-order valence-electron chi connectivity index (χ4n) is 1.53. The van der Waals surface area contributed by atoms with Crippen LogP contribution in [-0.2, 0) is 20.1 Å². The number of hydrogen-bond donors (Lipinski definition) is 1. The summed E-state index contributed by atoms with van der Waals surface area (Å²) in [6, 6.07) is 0. The van der Waals surface area contributed by atoms with Crippen LogP contribution < -0.4 is 0 Å². The first-order valence-electron chi connectivity index (χ1n) is 4.09. The molecular formula is C6H13NO5S2. The van der Waals surface area contributed by atoms with E-state index in [1.54, 1.807) is 0 Å². The molecule has 0 aliphatic carbocycles. The van der Waals surface area contributed by atoms with Crippen LogP contribution in [0.4, 0.5) is 0 Å². The second kappa shape index (κ2) is 3.76. The third-order valence-corrected chi connectivity index (χ3v) is 4.33. The summed E-state index contributed by atoms with van der Waals surface area (Å²) in [7, 11) is -7.23. The van der Waals surface area contributed by atoms with E-state index < -0.39 is 20.1 Å². The lowest BCUT2D eigenvalue weighted by Gasteiger charge is -2.12. The van der Waals surface area contributed by atoms with Gasteiger partial charge in [-0.2, -0.15) is 8.42 Å². The summed E-state index contributed by atoms with van der Waals surface area (Å²) in [5.41, 5.74) is 0. The minimum absolute atomic E-state index is 0.179. The summed E-state index contributed by atoms with van der Waals surface area (Å²) in [6.07, 6.45) is 1.57. The lowest BCUT2D eigenvalue weighted by atomic mass is 10.2. The van der Waals surface area contributed by atoms with Crippen LogP contribution in [0.1, 0.15) is 6.42 Å². The average molecular weight is 243 g/mol. The third kappa shape index (κ3) is 3.52. The summed E-state index contributed by atoms with van der Waals surface area (Å²) < 4.78 is 53.0. The van der Waals surface area contributed by atoms with Gasteiger partial charge in [0.25, 0.3) is 10.1 Å². The molecule has 1 saturated heterocycles. The van der Waals surface area contributed by atoms with Crippen LogP contribution in [-0.4, -0.2) is 50.8 Å². The van der Waals surface area contributed by atoms with Crippen LogP contribution >= 0.6 is 0 Å². The number of nitrogens with zero attached hydrogens (tertiary/aromatic N) is 1. The summed E-state index contributed by atoms with van der Waals surface area (Å²) in [4.78, 5) is 0. The zero-order valence-corrected chi connectivity index (χ0v) is 9.38. The molecule has 1 rings (SSSR count). The van der Waals surface area contributed by atoms with E-state index in [1.165, 1.54) is 4.31 Å². The molecule has 1 atom stereocenters. The Hall–Kier alpha value is -0.180. The monoisotopic (exact) mass is 243 g/mol.